The molecule has 1 saturated carbocycles. The van der Waals surface area contributed by atoms with Gasteiger partial charge in [-0.3, -0.25) is 19.0 Å². The van der Waals surface area contributed by atoms with E-state index in [0.29, 0.717) is 30.2 Å². The van der Waals surface area contributed by atoms with E-state index < -0.39 is 0 Å². The number of rotatable bonds is 8. The van der Waals surface area contributed by atoms with Gasteiger partial charge < -0.3 is 4.57 Å². The largest absolute Gasteiger partial charge is 0.332 e. The monoisotopic (exact) mass is 412 g/mol. The number of hydrogen-bond acceptors (Lipinski definition) is 4. The van der Waals surface area contributed by atoms with E-state index in [4.69, 9.17) is 0 Å². The SMILES string of the molecule is Cc1cc(CCCCn2c(=O)c3c(ncn3C)n(CCC3CCCCC3)c2=O)[nH]n1. The second kappa shape index (κ2) is 9.02. The third-order valence-electron chi connectivity index (χ3n) is 6.41. The molecule has 1 aliphatic rings. The molecule has 0 saturated heterocycles. The van der Waals surface area contributed by atoms with Crippen molar-refractivity contribution >= 4 is 11.2 Å². The second-order valence-electron chi connectivity index (χ2n) is 8.70. The first-order chi connectivity index (χ1) is 14.5. The molecule has 3 aromatic heterocycles. The van der Waals surface area contributed by atoms with Crippen LogP contribution < -0.4 is 11.2 Å². The van der Waals surface area contributed by atoms with Gasteiger partial charge in [0.15, 0.2) is 11.2 Å². The van der Waals surface area contributed by atoms with Gasteiger partial charge in [-0.25, -0.2) is 9.78 Å². The van der Waals surface area contributed by atoms with Gasteiger partial charge in [0.05, 0.1) is 12.0 Å². The van der Waals surface area contributed by atoms with Gasteiger partial charge in [0.1, 0.15) is 0 Å². The molecule has 0 amide bonds. The van der Waals surface area contributed by atoms with Crippen molar-refractivity contribution in [3.05, 3.63) is 44.6 Å². The van der Waals surface area contributed by atoms with Crippen molar-refractivity contribution in [2.24, 2.45) is 13.0 Å². The van der Waals surface area contributed by atoms with Crippen LogP contribution >= 0.6 is 0 Å². The summed E-state index contributed by atoms with van der Waals surface area (Å²) in [5, 5.41) is 7.16. The van der Waals surface area contributed by atoms with Gasteiger partial charge in [-0.15, -0.1) is 0 Å². The van der Waals surface area contributed by atoms with Gasteiger partial charge in [-0.05, 0) is 44.6 Å². The zero-order chi connectivity index (χ0) is 21.1. The molecule has 1 fully saturated rings. The fraction of sp³-hybridized carbons (Fsp3) is 0.636. The molecule has 0 atom stereocenters. The Balaban J connectivity index is 1.53. The molecule has 162 valence electrons. The van der Waals surface area contributed by atoms with E-state index in [2.05, 4.69) is 15.2 Å². The number of fused-ring (bicyclic) bond motifs is 1. The first-order valence-corrected chi connectivity index (χ1v) is 11.2. The summed E-state index contributed by atoms with van der Waals surface area (Å²) in [6.07, 6.45) is 11.5. The third-order valence-corrected chi connectivity index (χ3v) is 6.41. The van der Waals surface area contributed by atoms with Crippen LogP contribution in [0.15, 0.2) is 22.0 Å². The van der Waals surface area contributed by atoms with Crippen molar-refractivity contribution in [2.75, 3.05) is 0 Å². The topological polar surface area (TPSA) is 90.5 Å². The summed E-state index contributed by atoms with van der Waals surface area (Å²) in [6, 6.07) is 2.03. The van der Waals surface area contributed by atoms with E-state index in [1.165, 1.54) is 36.7 Å². The van der Waals surface area contributed by atoms with Gasteiger partial charge in [0.25, 0.3) is 5.56 Å². The molecule has 30 heavy (non-hydrogen) atoms. The van der Waals surface area contributed by atoms with E-state index in [9.17, 15) is 9.59 Å². The molecule has 3 aromatic rings. The maximum absolute atomic E-state index is 13.2. The zero-order valence-corrected chi connectivity index (χ0v) is 18.1. The number of aromatic amines is 1. The Morgan fingerprint density at radius 1 is 1.10 bits per heavy atom. The van der Waals surface area contributed by atoms with Crippen LogP contribution in [0.25, 0.3) is 11.2 Å². The molecule has 0 aromatic carbocycles. The Hall–Kier alpha value is -2.64. The summed E-state index contributed by atoms with van der Waals surface area (Å²) in [5.41, 5.74) is 2.64. The van der Waals surface area contributed by atoms with E-state index in [1.54, 1.807) is 15.5 Å². The Labute approximate surface area is 175 Å². The van der Waals surface area contributed by atoms with Crippen LogP contribution in [-0.4, -0.2) is 28.9 Å². The van der Waals surface area contributed by atoms with Crippen LogP contribution in [0.5, 0.6) is 0 Å². The average molecular weight is 413 g/mol. The molecular formula is C22H32N6O2. The average Bonchev–Trinajstić information content (AvgIpc) is 3.33. The predicted octanol–water partition coefficient (Wildman–Crippen LogP) is 2.92. The van der Waals surface area contributed by atoms with Crippen LogP contribution in [0.1, 0.15) is 62.8 Å². The third kappa shape index (κ3) is 4.27. The molecule has 3 heterocycles. The highest BCUT2D eigenvalue weighted by Gasteiger charge is 2.19. The molecule has 0 spiro atoms. The van der Waals surface area contributed by atoms with Gasteiger partial charge in [0.2, 0.25) is 0 Å². The quantitative estimate of drug-likeness (QED) is 0.576. The van der Waals surface area contributed by atoms with Crippen molar-refractivity contribution in [3.8, 4) is 0 Å². The summed E-state index contributed by atoms with van der Waals surface area (Å²) in [5.74, 6) is 0.669. The Bertz CT molecular complexity index is 1110. The van der Waals surface area contributed by atoms with E-state index >= 15 is 0 Å². The minimum atomic E-state index is -0.235. The summed E-state index contributed by atoms with van der Waals surface area (Å²) in [6.45, 7) is 3.01. The highest BCUT2D eigenvalue weighted by molar-refractivity contribution is 5.69. The van der Waals surface area contributed by atoms with Crippen molar-refractivity contribution in [3.63, 3.8) is 0 Å². The number of aryl methyl sites for hydroxylation is 4. The minimum Gasteiger partial charge on any atom is -0.328 e. The molecule has 4 rings (SSSR count). The van der Waals surface area contributed by atoms with Crippen LogP contribution in [0.3, 0.4) is 0 Å². The first kappa shape index (κ1) is 20.6. The highest BCUT2D eigenvalue weighted by Crippen LogP contribution is 2.26. The lowest BCUT2D eigenvalue weighted by Crippen LogP contribution is -2.41. The summed E-state index contributed by atoms with van der Waals surface area (Å²) >= 11 is 0. The van der Waals surface area contributed by atoms with Gasteiger partial charge >= 0.3 is 5.69 Å². The number of nitrogens with one attached hydrogen (secondary N) is 1. The number of aromatic nitrogens is 6. The molecule has 0 bridgehead atoms. The van der Waals surface area contributed by atoms with E-state index in [1.807, 2.05) is 20.0 Å². The molecular weight excluding hydrogens is 380 g/mol. The van der Waals surface area contributed by atoms with Gasteiger partial charge in [0, 0.05) is 25.8 Å². The molecule has 0 radical (unpaired) electrons. The Morgan fingerprint density at radius 2 is 1.90 bits per heavy atom. The summed E-state index contributed by atoms with van der Waals surface area (Å²) in [4.78, 5) is 30.6. The second-order valence-corrected chi connectivity index (χ2v) is 8.70. The van der Waals surface area contributed by atoms with Crippen molar-refractivity contribution < 1.29 is 0 Å². The van der Waals surface area contributed by atoms with E-state index in [0.717, 1.165) is 37.1 Å². The Kier molecular flexibility index (Phi) is 6.20. The molecule has 8 nitrogen and oxygen atoms in total. The van der Waals surface area contributed by atoms with Crippen molar-refractivity contribution in [1.29, 1.82) is 0 Å². The van der Waals surface area contributed by atoms with Crippen LogP contribution in [0.2, 0.25) is 0 Å². The summed E-state index contributed by atoms with van der Waals surface area (Å²) < 4.78 is 4.87. The van der Waals surface area contributed by atoms with Crippen LogP contribution in [0, 0.1) is 12.8 Å². The molecule has 1 aliphatic carbocycles. The number of nitrogens with zero attached hydrogens (tertiary/aromatic N) is 5. The van der Waals surface area contributed by atoms with Crippen molar-refractivity contribution in [1.82, 2.24) is 28.9 Å². The lowest BCUT2D eigenvalue weighted by Gasteiger charge is -2.22. The Morgan fingerprint density at radius 3 is 2.63 bits per heavy atom. The highest BCUT2D eigenvalue weighted by atomic mass is 16.2. The zero-order valence-electron chi connectivity index (χ0n) is 18.1. The maximum atomic E-state index is 13.2. The first-order valence-electron chi connectivity index (χ1n) is 11.2. The lowest BCUT2D eigenvalue weighted by atomic mass is 9.87. The van der Waals surface area contributed by atoms with E-state index in [-0.39, 0.29) is 11.2 Å². The lowest BCUT2D eigenvalue weighted by molar-refractivity contribution is 0.322. The molecule has 8 heteroatoms. The molecule has 1 N–H and O–H groups in total. The standard InChI is InChI=1S/C22H32N6O2/c1-16-14-18(25-24-16)10-6-7-12-28-21(29)19-20(23-15-26(19)2)27(22(28)30)13-11-17-8-4-3-5-9-17/h14-15,17H,3-13H2,1-2H3,(H,24,25). The fourth-order valence-corrected chi connectivity index (χ4v) is 4.69. The minimum absolute atomic E-state index is 0.223. The number of imidazole rings is 1. The number of unbranched alkanes of at least 4 members (excludes halogenated alkanes) is 1. The molecule has 0 unspecified atom stereocenters. The normalized spacial score (nSPS) is 15.3. The maximum Gasteiger partial charge on any atom is 0.332 e. The fourth-order valence-electron chi connectivity index (χ4n) is 4.69. The number of hydrogen-bond donors (Lipinski definition) is 1. The van der Waals surface area contributed by atoms with Crippen LogP contribution in [-0.2, 0) is 26.6 Å². The molecule has 0 aliphatic heterocycles. The van der Waals surface area contributed by atoms with Gasteiger partial charge in [-0.2, -0.15) is 5.10 Å². The smallest absolute Gasteiger partial charge is 0.328 e. The summed E-state index contributed by atoms with van der Waals surface area (Å²) in [7, 11) is 1.82. The van der Waals surface area contributed by atoms with Crippen molar-refractivity contribution in [2.45, 2.75) is 77.8 Å². The van der Waals surface area contributed by atoms with Gasteiger partial charge in [-0.1, -0.05) is 32.1 Å². The van der Waals surface area contributed by atoms with Crippen LogP contribution in [0.4, 0.5) is 0 Å². The predicted molar refractivity (Wildman–Crippen MR) is 117 cm³/mol. The number of H-pyrrole nitrogens is 1.